The first-order valence-corrected chi connectivity index (χ1v) is 6.83. The summed E-state index contributed by atoms with van der Waals surface area (Å²) in [4.78, 5) is 20.5. The predicted molar refractivity (Wildman–Crippen MR) is 76.6 cm³/mol. The molecule has 5 heteroatoms. The SMILES string of the molecule is CNCCN(C)C(=O)c1ccc(N2CCCC2)nc1. The van der Waals surface area contributed by atoms with Crippen LogP contribution in [0.15, 0.2) is 18.3 Å². The van der Waals surface area contributed by atoms with Gasteiger partial charge in [0.25, 0.3) is 5.91 Å². The van der Waals surface area contributed by atoms with Crippen molar-refractivity contribution in [3.8, 4) is 0 Å². The Bertz CT molecular complexity index is 412. The number of carbonyl (C=O) groups is 1. The first kappa shape index (κ1) is 13.8. The molecule has 2 rings (SSSR count). The molecule has 0 spiro atoms. The van der Waals surface area contributed by atoms with Crippen molar-refractivity contribution in [1.29, 1.82) is 0 Å². The second kappa shape index (κ2) is 6.52. The molecule has 1 saturated heterocycles. The van der Waals surface area contributed by atoms with Gasteiger partial charge in [0.15, 0.2) is 0 Å². The third-order valence-corrected chi connectivity index (χ3v) is 3.47. The van der Waals surface area contributed by atoms with Crippen molar-refractivity contribution < 1.29 is 4.79 Å². The summed E-state index contributed by atoms with van der Waals surface area (Å²) in [6.07, 6.45) is 4.15. The van der Waals surface area contributed by atoms with Crippen LogP contribution in [0.1, 0.15) is 23.2 Å². The molecule has 0 aromatic carbocycles. The van der Waals surface area contributed by atoms with E-state index in [-0.39, 0.29) is 5.91 Å². The van der Waals surface area contributed by atoms with E-state index in [1.165, 1.54) is 12.8 Å². The molecule has 1 aromatic rings. The van der Waals surface area contributed by atoms with Gasteiger partial charge >= 0.3 is 0 Å². The third kappa shape index (κ3) is 3.44. The molecular weight excluding hydrogens is 240 g/mol. The lowest BCUT2D eigenvalue weighted by Gasteiger charge is -2.18. The largest absolute Gasteiger partial charge is 0.357 e. The smallest absolute Gasteiger partial charge is 0.255 e. The van der Waals surface area contributed by atoms with Gasteiger partial charge in [-0.1, -0.05) is 0 Å². The third-order valence-electron chi connectivity index (χ3n) is 3.47. The van der Waals surface area contributed by atoms with Crippen molar-refractivity contribution in [2.24, 2.45) is 0 Å². The van der Waals surface area contributed by atoms with Crippen LogP contribution in [0.5, 0.6) is 0 Å². The molecule has 1 aromatic heterocycles. The molecule has 0 atom stereocenters. The van der Waals surface area contributed by atoms with Crippen LogP contribution >= 0.6 is 0 Å². The first-order valence-electron chi connectivity index (χ1n) is 6.83. The van der Waals surface area contributed by atoms with E-state index in [1.54, 1.807) is 11.1 Å². The lowest BCUT2D eigenvalue weighted by molar-refractivity contribution is 0.0796. The number of hydrogen-bond acceptors (Lipinski definition) is 4. The van der Waals surface area contributed by atoms with Crippen LogP contribution in [0.3, 0.4) is 0 Å². The average molecular weight is 262 g/mol. The van der Waals surface area contributed by atoms with Crippen molar-refractivity contribution in [3.63, 3.8) is 0 Å². The number of carbonyl (C=O) groups excluding carboxylic acids is 1. The zero-order valence-electron chi connectivity index (χ0n) is 11.7. The van der Waals surface area contributed by atoms with E-state index in [0.717, 1.165) is 25.5 Å². The average Bonchev–Trinajstić information content (AvgIpc) is 2.98. The molecule has 0 unspecified atom stereocenters. The van der Waals surface area contributed by atoms with E-state index in [4.69, 9.17) is 0 Å². The second-order valence-corrected chi connectivity index (χ2v) is 4.93. The standard InChI is InChI=1S/C14H22N4O/c1-15-7-10-17(2)14(19)12-5-6-13(16-11-12)18-8-3-4-9-18/h5-6,11,15H,3-4,7-10H2,1-2H3. The molecular formula is C14H22N4O. The highest BCUT2D eigenvalue weighted by molar-refractivity contribution is 5.93. The molecule has 0 radical (unpaired) electrons. The number of anilines is 1. The van der Waals surface area contributed by atoms with E-state index in [9.17, 15) is 4.79 Å². The van der Waals surface area contributed by atoms with Crippen molar-refractivity contribution in [1.82, 2.24) is 15.2 Å². The highest BCUT2D eigenvalue weighted by Crippen LogP contribution is 2.17. The summed E-state index contributed by atoms with van der Waals surface area (Å²) in [5.41, 5.74) is 0.654. The Balaban J connectivity index is 1.99. The van der Waals surface area contributed by atoms with Crippen molar-refractivity contribution in [2.45, 2.75) is 12.8 Å². The van der Waals surface area contributed by atoms with Crippen LogP contribution in [0, 0.1) is 0 Å². The van der Waals surface area contributed by atoms with Gasteiger partial charge in [0, 0.05) is 39.4 Å². The Morgan fingerprint density at radius 3 is 2.74 bits per heavy atom. The Morgan fingerprint density at radius 1 is 1.42 bits per heavy atom. The van der Waals surface area contributed by atoms with Crippen LogP contribution in [0.4, 0.5) is 5.82 Å². The minimum absolute atomic E-state index is 0.0238. The van der Waals surface area contributed by atoms with Gasteiger partial charge in [-0.2, -0.15) is 0 Å². The van der Waals surface area contributed by atoms with E-state index < -0.39 is 0 Å². The fourth-order valence-electron chi connectivity index (χ4n) is 2.25. The number of amides is 1. The summed E-state index contributed by atoms with van der Waals surface area (Å²) in [6, 6.07) is 3.82. The molecule has 1 N–H and O–H groups in total. The molecule has 104 valence electrons. The molecule has 1 amide bonds. The normalized spacial score (nSPS) is 14.7. The topological polar surface area (TPSA) is 48.5 Å². The molecule has 0 bridgehead atoms. The summed E-state index contributed by atoms with van der Waals surface area (Å²) in [5, 5.41) is 3.03. The Hall–Kier alpha value is -1.62. The van der Waals surface area contributed by atoms with E-state index in [1.807, 2.05) is 26.2 Å². The minimum Gasteiger partial charge on any atom is -0.357 e. The highest BCUT2D eigenvalue weighted by atomic mass is 16.2. The van der Waals surface area contributed by atoms with Gasteiger partial charge < -0.3 is 15.1 Å². The summed E-state index contributed by atoms with van der Waals surface area (Å²) in [7, 11) is 3.69. The number of aromatic nitrogens is 1. The number of likely N-dealkylation sites (N-methyl/N-ethyl adjacent to an activating group) is 2. The molecule has 1 aliphatic rings. The molecule has 5 nitrogen and oxygen atoms in total. The lowest BCUT2D eigenvalue weighted by Crippen LogP contribution is -2.32. The van der Waals surface area contributed by atoms with Gasteiger partial charge in [-0.3, -0.25) is 4.79 Å². The maximum absolute atomic E-state index is 12.1. The maximum atomic E-state index is 12.1. The Labute approximate surface area is 114 Å². The minimum atomic E-state index is 0.0238. The second-order valence-electron chi connectivity index (χ2n) is 4.93. The number of rotatable bonds is 5. The maximum Gasteiger partial charge on any atom is 0.255 e. The predicted octanol–water partition coefficient (Wildman–Crippen LogP) is 0.973. The van der Waals surface area contributed by atoms with E-state index in [2.05, 4.69) is 15.2 Å². The van der Waals surface area contributed by atoms with Gasteiger partial charge in [-0.25, -0.2) is 4.98 Å². The van der Waals surface area contributed by atoms with E-state index >= 15 is 0 Å². The quantitative estimate of drug-likeness (QED) is 0.859. The zero-order valence-corrected chi connectivity index (χ0v) is 11.7. The zero-order chi connectivity index (χ0) is 13.7. The highest BCUT2D eigenvalue weighted by Gasteiger charge is 2.15. The van der Waals surface area contributed by atoms with Crippen LogP contribution in [0.25, 0.3) is 0 Å². The summed E-state index contributed by atoms with van der Waals surface area (Å²) < 4.78 is 0. The van der Waals surface area contributed by atoms with Crippen LogP contribution in [-0.4, -0.2) is 56.1 Å². The Kier molecular flexibility index (Phi) is 4.74. The number of hydrogen-bond donors (Lipinski definition) is 1. The van der Waals surface area contributed by atoms with Crippen LogP contribution in [0.2, 0.25) is 0 Å². The van der Waals surface area contributed by atoms with Gasteiger partial charge in [-0.05, 0) is 32.0 Å². The van der Waals surface area contributed by atoms with Crippen molar-refractivity contribution in [2.75, 3.05) is 45.2 Å². The summed E-state index contributed by atoms with van der Waals surface area (Å²) >= 11 is 0. The molecule has 1 fully saturated rings. The fraction of sp³-hybridized carbons (Fsp3) is 0.571. The number of pyridine rings is 1. The Morgan fingerprint density at radius 2 is 2.16 bits per heavy atom. The number of nitrogens with one attached hydrogen (secondary N) is 1. The van der Waals surface area contributed by atoms with Gasteiger partial charge in [0.1, 0.15) is 5.82 Å². The summed E-state index contributed by atoms with van der Waals surface area (Å²) in [6.45, 7) is 3.63. The van der Waals surface area contributed by atoms with Gasteiger partial charge in [-0.15, -0.1) is 0 Å². The fourth-order valence-corrected chi connectivity index (χ4v) is 2.25. The van der Waals surface area contributed by atoms with Crippen LogP contribution in [-0.2, 0) is 0 Å². The molecule has 19 heavy (non-hydrogen) atoms. The lowest BCUT2D eigenvalue weighted by atomic mass is 10.2. The number of nitrogens with zero attached hydrogens (tertiary/aromatic N) is 3. The summed E-state index contributed by atoms with van der Waals surface area (Å²) in [5.74, 6) is 1.00. The van der Waals surface area contributed by atoms with Gasteiger partial charge in [0.05, 0.1) is 5.56 Å². The van der Waals surface area contributed by atoms with Crippen LogP contribution < -0.4 is 10.2 Å². The first-order chi connectivity index (χ1) is 9.22. The molecule has 1 aliphatic heterocycles. The van der Waals surface area contributed by atoms with E-state index in [0.29, 0.717) is 12.1 Å². The van der Waals surface area contributed by atoms with Gasteiger partial charge in [0.2, 0.25) is 0 Å². The van der Waals surface area contributed by atoms with Crippen molar-refractivity contribution >= 4 is 11.7 Å². The van der Waals surface area contributed by atoms with Crippen molar-refractivity contribution in [3.05, 3.63) is 23.9 Å². The monoisotopic (exact) mass is 262 g/mol. The molecule has 0 saturated carbocycles. The molecule has 0 aliphatic carbocycles. The molecule has 2 heterocycles.